The van der Waals surface area contributed by atoms with E-state index >= 15 is 0 Å². The van der Waals surface area contributed by atoms with Crippen molar-refractivity contribution in [1.29, 1.82) is 0 Å². The first kappa shape index (κ1) is 21.5. The van der Waals surface area contributed by atoms with Gasteiger partial charge >= 0.3 is 0 Å². The molecule has 0 saturated carbocycles. The van der Waals surface area contributed by atoms with Crippen LogP contribution in [0.25, 0.3) is 10.2 Å². The second-order valence-corrected chi connectivity index (χ2v) is 8.54. The summed E-state index contributed by atoms with van der Waals surface area (Å²) >= 11 is 1.16. The van der Waals surface area contributed by atoms with Gasteiger partial charge in [0.05, 0.1) is 16.6 Å². The number of amides is 2. The number of hydrogen-bond donors (Lipinski definition) is 2. The summed E-state index contributed by atoms with van der Waals surface area (Å²) in [6.07, 6.45) is 1.36. The van der Waals surface area contributed by atoms with Gasteiger partial charge in [-0.1, -0.05) is 35.9 Å². The van der Waals surface area contributed by atoms with Gasteiger partial charge < -0.3 is 10.6 Å². The fourth-order valence-corrected chi connectivity index (χ4v) is 4.38. The van der Waals surface area contributed by atoms with Gasteiger partial charge in [-0.3, -0.25) is 19.0 Å². The molecule has 32 heavy (non-hydrogen) atoms. The lowest BCUT2D eigenvalue weighted by molar-refractivity contribution is -0.118. The first-order valence-electron chi connectivity index (χ1n) is 10.1. The standard InChI is InChI=1S/C24H22N4O3S/c1-14-9-11-18(12-10-14)26-21(29)16(3)28-13-25-23-19(24(28)31)15(2)20(32-23)22(30)27-17-7-5-4-6-8-17/h4-13,16H,1-3H3,(H,26,29)(H,27,30). The normalized spacial score (nSPS) is 11.8. The van der Waals surface area contributed by atoms with Crippen LogP contribution in [0, 0.1) is 13.8 Å². The molecule has 4 aromatic rings. The van der Waals surface area contributed by atoms with Crippen molar-refractivity contribution in [3.8, 4) is 0 Å². The third-order valence-corrected chi connectivity index (χ3v) is 6.43. The molecule has 8 heteroatoms. The maximum atomic E-state index is 13.2. The largest absolute Gasteiger partial charge is 0.324 e. The monoisotopic (exact) mass is 446 g/mol. The maximum Gasteiger partial charge on any atom is 0.266 e. The van der Waals surface area contributed by atoms with Crippen LogP contribution in [0.15, 0.2) is 65.7 Å². The van der Waals surface area contributed by atoms with Crippen LogP contribution in [0.5, 0.6) is 0 Å². The van der Waals surface area contributed by atoms with Crippen LogP contribution >= 0.6 is 11.3 Å². The van der Waals surface area contributed by atoms with Gasteiger partial charge in [-0.2, -0.15) is 0 Å². The van der Waals surface area contributed by atoms with Crippen molar-refractivity contribution >= 4 is 44.7 Å². The van der Waals surface area contributed by atoms with Gasteiger partial charge in [-0.15, -0.1) is 11.3 Å². The molecular formula is C24H22N4O3S. The molecule has 2 aromatic heterocycles. The number of carbonyl (C=O) groups is 2. The van der Waals surface area contributed by atoms with E-state index in [9.17, 15) is 14.4 Å². The average Bonchev–Trinajstić information content (AvgIpc) is 3.13. The number of anilines is 2. The van der Waals surface area contributed by atoms with Gasteiger partial charge in [-0.05, 0) is 50.6 Å². The Morgan fingerprint density at radius 3 is 2.31 bits per heavy atom. The summed E-state index contributed by atoms with van der Waals surface area (Å²) in [7, 11) is 0. The number of carbonyl (C=O) groups excluding carboxylic acids is 2. The van der Waals surface area contributed by atoms with E-state index in [1.807, 2.05) is 49.4 Å². The molecule has 0 saturated heterocycles. The van der Waals surface area contributed by atoms with Crippen LogP contribution in [0.1, 0.15) is 33.8 Å². The third-order valence-electron chi connectivity index (χ3n) is 5.23. The number of thiophene rings is 1. The number of para-hydroxylation sites is 1. The number of benzene rings is 2. The summed E-state index contributed by atoms with van der Waals surface area (Å²) in [5, 5.41) is 6.01. The van der Waals surface area contributed by atoms with Crippen molar-refractivity contribution < 1.29 is 9.59 Å². The van der Waals surface area contributed by atoms with Crippen molar-refractivity contribution in [2.75, 3.05) is 10.6 Å². The molecule has 2 heterocycles. The van der Waals surface area contributed by atoms with Crippen molar-refractivity contribution in [2.24, 2.45) is 0 Å². The molecule has 0 bridgehead atoms. The maximum absolute atomic E-state index is 13.2. The molecule has 0 radical (unpaired) electrons. The zero-order chi connectivity index (χ0) is 22.8. The van der Waals surface area contributed by atoms with Crippen molar-refractivity contribution in [3.63, 3.8) is 0 Å². The number of fused-ring (bicyclic) bond motifs is 1. The molecular weight excluding hydrogens is 424 g/mol. The molecule has 0 fully saturated rings. The number of aromatic nitrogens is 2. The average molecular weight is 447 g/mol. The number of nitrogens with one attached hydrogen (secondary N) is 2. The Labute approximate surface area is 188 Å². The van der Waals surface area contributed by atoms with Crippen molar-refractivity contribution in [3.05, 3.63) is 87.3 Å². The molecule has 0 aliphatic heterocycles. The highest BCUT2D eigenvalue weighted by Crippen LogP contribution is 2.28. The minimum Gasteiger partial charge on any atom is -0.324 e. The summed E-state index contributed by atoms with van der Waals surface area (Å²) in [6, 6.07) is 15.8. The molecule has 1 atom stereocenters. The highest BCUT2D eigenvalue weighted by molar-refractivity contribution is 7.20. The van der Waals surface area contributed by atoms with Crippen molar-refractivity contribution in [2.45, 2.75) is 26.8 Å². The second kappa shape index (κ2) is 8.76. The topological polar surface area (TPSA) is 93.1 Å². The lowest BCUT2D eigenvalue weighted by Gasteiger charge is -2.15. The van der Waals surface area contributed by atoms with E-state index in [0.717, 1.165) is 16.9 Å². The van der Waals surface area contributed by atoms with E-state index in [2.05, 4.69) is 15.6 Å². The van der Waals surface area contributed by atoms with E-state index in [1.54, 1.807) is 26.0 Å². The minimum absolute atomic E-state index is 0.298. The highest BCUT2D eigenvalue weighted by Gasteiger charge is 2.23. The van der Waals surface area contributed by atoms with Crippen LogP contribution in [-0.2, 0) is 4.79 Å². The summed E-state index contributed by atoms with van der Waals surface area (Å²) in [6.45, 7) is 5.33. The van der Waals surface area contributed by atoms with E-state index in [0.29, 0.717) is 32.0 Å². The van der Waals surface area contributed by atoms with Crippen LogP contribution in [0.2, 0.25) is 0 Å². The number of hydrogen-bond acceptors (Lipinski definition) is 5. The minimum atomic E-state index is -0.776. The Balaban J connectivity index is 1.62. The van der Waals surface area contributed by atoms with Gasteiger partial charge in [0.25, 0.3) is 11.5 Å². The SMILES string of the molecule is Cc1ccc(NC(=O)C(C)n2cnc3sc(C(=O)Nc4ccccc4)c(C)c3c2=O)cc1. The van der Waals surface area contributed by atoms with E-state index in [1.165, 1.54) is 10.9 Å². The zero-order valence-corrected chi connectivity index (χ0v) is 18.7. The quantitative estimate of drug-likeness (QED) is 0.471. The first-order chi connectivity index (χ1) is 15.3. The molecule has 2 aromatic carbocycles. The summed E-state index contributed by atoms with van der Waals surface area (Å²) in [5.41, 5.74) is 2.61. The molecule has 7 nitrogen and oxygen atoms in total. The predicted octanol–water partition coefficient (Wildman–Crippen LogP) is 4.53. The molecule has 2 amide bonds. The molecule has 1 unspecified atom stereocenters. The highest BCUT2D eigenvalue weighted by atomic mass is 32.1. The second-order valence-electron chi connectivity index (χ2n) is 7.54. The Kier molecular flexibility index (Phi) is 5.87. The fourth-order valence-electron chi connectivity index (χ4n) is 3.35. The van der Waals surface area contributed by atoms with Crippen LogP contribution in [-0.4, -0.2) is 21.4 Å². The molecule has 0 spiro atoms. The molecule has 4 rings (SSSR count). The lowest BCUT2D eigenvalue weighted by Crippen LogP contribution is -2.31. The van der Waals surface area contributed by atoms with E-state index < -0.39 is 6.04 Å². The summed E-state index contributed by atoms with van der Waals surface area (Å²) in [4.78, 5) is 43.9. The Morgan fingerprint density at radius 1 is 0.969 bits per heavy atom. The van der Waals surface area contributed by atoms with E-state index in [-0.39, 0.29) is 17.4 Å². The van der Waals surface area contributed by atoms with Gasteiger partial charge in [0, 0.05) is 11.4 Å². The van der Waals surface area contributed by atoms with Gasteiger partial charge in [0.2, 0.25) is 5.91 Å². The van der Waals surface area contributed by atoms with Crippen LogP contribution in [0.4, 0.5) is 11.4 Å². The lowest BCUT2D eigenvalue weighted by atomic mass is 10.2. The Morgan fingerprint density at radius 2 is 1.62 bits per heavy atom. The first-order valence-corrected chi connectivity index (χ1v) is 10.9. The van der Waals surface area contributed by atoms with E-state index in [4.69, 9.17) is 0 Å². The van der Waals surface area contributed by atoms with Gasteiger partial charge in [0.15, 0.2) is 0 Å². The summed E-state index contributed by atoms with van der Waals surface area (Å²) in [5.74, 6) is -0.625. The molecule has 0 aliphatic carbocycles. The zero-order valence-electron chi connectivity index (χ0n) is 17.9. The van der Waals surface area contributed by atoms with Crippen molar-refractivity contribution in [1.82, 2.24) is 9.55 Å². The van der Waals surface area contributed by atoms with Gasteiger partial charge in [0.1, 0.15) is 10.9 Å². The smallest absolute Gasteiger partial charge is 0.266 e. The van der Waals surface area contributed by atoms with Crippen LogP contribution in [0.3, 0.4) is 0 Å². The Bertz CT molecular complexity index is 1360. The molecule has 0 aliphatic rings. The summed E-state index contributed by atoms with van der Waals surface area (Å²) < 4.78 is 1.30. The fraction of sp³-hybridized carbons (Fsp3) is 0.167. The molecule has 2 N–H and O–H groups in total. The number of nitrogens with zero attached hydrogens (tertiary/aromatic N) is 2. The Hall–Kier alpha value is -3.78. The predicted molar refractivity (Wildman–Crippen MR) is 128 cm³/mol. The number of rotatable bonds is 5. The molecule has 162 valence electrons. The third kappa shape index (κ3) is 4.17. The van der Waals surface area contributed by atoms with Crippen LogP contribution < -0.4 is 16.2 Å². The number of aryl methyl sites for hydroxylation is 2. The van der Waals surface area contributed by atoms with Gasteiger partial charge in [-0.25, -0.2) is 4.98 Å².